The zero-order valence-corrected chi connectivity index (χ0v) is 15.6. The summed E-state index contributed by atoms with van der Waals surface area (Å²) in [7, 11) is -3.56. The number of benzene rings is 1. The van der Waals surface area contributed by atoms with Crippen LogP contribution in [0.25, 0.3) is 0 Å². The lowest BCUT2D eigenvalue weighted by atomic mass is 10.1. The number of hydrogen-bond acceptors (Lipinski definition) is 4. The molecule has 1 aromatic rings. The van der Waals surface area contributed by atoms with E-state index in [4.69, 9.17) is 5.73 Å². The molecular formula is C15H26ClN3O3S. The van der Waals surface area contributed by atoms with Gasteiger partial charge in [0.1, 0.15) is 0 Å². The molecule has 0 aliphatic rings. The van der Waals surface area contributed by atoms with Crippen molar-refractivity contribution in [2.24, 2.45) is 5.73 Å². The van der Waals surface area contributed by atoms with E-state index in [2.05, 4.69) is 10.0 Å². The van der Waals surface area contributed by atoms with Gasteiger partial charge in [-0.05, 0) is 51.5 Å². The van der Waals surface area contributed by atoms with Crippen molar-refractivity contribution in [3.05, 3.63) is 29.8 Å². The van der Waals surface area contributed by atoms with Crippen LogP contribution in [-0.4, -0.2) is 32.5 Å². The molecule has 0 saturated heterocycles. The van der Waals surface area contributed by atoms with E-state index in [1.807, 2.05) is 20.8 Å². The van der Waals surface area contributed by atoms with Crippen molar-refractivity contribution in [2.45, 2.75) is 50.6 Å². The average Bonchev–Trinajstić information content (AvgIpc) is 2.46. The van der Waals surface area contributed by atoms with Gasteiger partial charge < -0.3 is 11.1 Å². The molecule has 1 atom stereocenters. The number of nitrogens with two attached hydrogens (primary N) is 1. The van der Waals surface area contributed by atoms with Crippen LogP contribution in [0.3, 0.4) is 0 Å². The van der Waals surface area contributed by atoms with E-state index in [1.165, 1.54) is 24.3 Å². The summed E-state index contributed by atoms with van der Waals surface area (Å²) in [6, 6.07) is 5.70. The third-order valence-electron chi connectivity index (χ3n) is 3.36. The van der Waals surface area contributed by atoms with Crippen molar-refractivity contribution >= 4 is 28.3 Å². The number of nitrogens with one attached hydrogen (secondary N) is 2. The number of carbonyl (C=O) groups excluding carboxylic acids is 1. The van der Waals surface area contributed by atoms with Crippen LogP contribution in [-0.2, 0) is 10.0 Å². The summed E-state index contributed by atoms with van der Waals surface area (Å²) in [5, 5.41) is 2.79. The molecule has 0 aliphatic carbocycles. The third-order valence-corrected chi connectivity index (χ3v) is 4.96. The fourth-order valence-electron chi connectivity index (χ4n) is 1.63. The monoisotopic (exact) mass is 363 g/mol. The van der Waals surface area contributed by atoms with Crippen LogP contribution in [0, 0.1) is 0 Å². The van der Waals surface area contributed by atoms with Gasteiger partial charge in [0.05, 0.1) is 4.90 Å². The SMILES string of the molecule is CCC(C)NS(=O)(=O)c1ccc(C(=O)NC(C)(C)CN)cc1.Cl. The molecule has 23 heavy (non-hydrogen) atoms. The summed E-state index contributed by atoms with van der Waals surface area (Å²) >= 11 is 0. The van der Waals surface area contributed by atoms with Crippen LogP contribution < -0.4 is 15.8 Å². The van der Waals surface area contributed by atoms with Crippen molar-refractivity contribution < 1.29 is 13.2 Å². The first-order valence-electron chi connectivity index (χ1n) is 7.26. The van der Waals surface area contributed by atoms with E-state index in [9.17, 15) is 13.2 Å². The Bertz CT molecular complexity index is 615. The van der Waals surface area contributed by atoms with Crippen LogP contribution in [0.1, 0.15) is 44.5 Å². The molecule has 1 rings (SSSR count). The molecule has 1 unspecified atom stereocenters. The van der Waals surface area contributed by atoms with Crippen LogP contribution in [0.15, 0.2) is 29.2 Å². The van der Waals surface area contributed by atoms with E-state index >= 15 is 0 Å². The highest BCUT2D eigenvalue weighted by atomic mass is 35.5. The number of rotatable bonds is 7. The molecule has 4 N–H and O–H groups in total. The second-order valence-electron chi connectivity index (χ2n) is 6.00. The molecule has 1 amide bonds. The van der Waals surface area contributed by atoms with E-state index in [-0.39, 0.29) is 29.3 Å². The van der Waals surface area contributed by atoms with Gasteiger partial charge in [0, 0.05) is 23.7 Å². The molecule has 132 valence electrons. The topological polar surface area (TPSA) is 101 Å². The Morgan fingerprint density at radius 1 is 1.26 bits per heavy atom. The first-order valence-corrected chi connectivity index (χ1v) is 8.74. The lowest BCUT2D eigenvalue weighted by Gasteiger charge is -2.24. The van der Waals surface area contributed by atoms with Crippen molar-refractivity contribution in [3.8, 4) is 0 Å². The quantitative estimate of drug-likeness (QED) is 0.685. The van der Waals surface area contributed by atoms with Crippen molar-refractivity contribution in [1.82, 2.24) is 10.0 Å². The van der Waals surface area contributed by atoms with Gasteiger partial charge in [-0.2, -0.15) is 0 Å². The van der Waals surface area contributed by atoms with Gasteiger partial charge >= 0.3 is 0 Å². The standard InChI is InChI=1S/C15H25N3O3S.ClH/c1-5-11(2)18-22(20,21)13-8-6-12(7-9-13)14(19)17-15(3,4)10-16;/h6-9,11,18H,5,10,16H2,1-4H3,(H,17,19);1H. The molecule has 0 heterocycles. The maximum Gasteiger partial charge on any atom is 0.251 e. The second kappa shape index (κ2) is 8.63. The summed E-state index contributed by atoms with van der Waals surface area (Å²) < 4.78 is 26.8. The smallest absolute Gasteiger partial charge is 0.251 e. The molecule has 0 aromatic heterocycles. The Kier molecular flexibility index (Phi) is 8.20. The fraction of sp³-hybridized carbons (Fsp3) is 0.533. The molecule has 6 nitrogen and oxygen atoms in total. The maximum absolute atomic E-state index is 12.1. The highest BCUT2D eigenvalue weighted by Crippen LogP contribution is 2.12. The van der Waals surface area contributed by atoms with Crippen LogP contribution in [0.5, 0.6) is 0 Å². The van der Waals surface area contributed by atoms with Crippen molar-refractivity contribution in [3.63, 3.8) is 0 Å². The molecule has 0 saturated carbocycles. The largest absolute Gasteiger partial charge is 0.346 e. The molecule has 0 spiro atoms. The van der Waals surface area contributed by atoms with Gasteiger partial charge in [-0.3, -0.25) is 4.79 Å². The number of halogens is 1. The van der Waals surface area contributed by atoms with E-state index in [0.29, 0.717) is 18.5 Å². The molecular weight excluding hydrogens is 338 g/mol. The summed E-state index contributed by atoms with van der Waals surface area (Å²) in [4.78, 5) is 12.2. The summed E-state index contributed by atoms with van der Waals surface area (Å²) in [5.74, 6) is -0.283. The Morgan fingerprint density at radius 2 is 1.78 bits per heavy atom. The highest BCUT2D eigenvalue weighted by molar-refractivity contribution is 7.89. The molecule has 0 fully saturated rings. The second-order valence-corrected chi connectivity index (χ2v) is 7.71. The Labute approximate surface area is 144 Å². The minimum absolute atomic E-state index is 0. The van der Waals surface area contributed by atoms with Gasteiger partial charge in [0.25, 0.3) is 5.91 Å². The van der Waals surface area contributed by atoms with E-state index in [1.54, 1.807) is 6.92 Å². The van der Waals surface area contributed by atoms with Gasteiger partial charge in [0.15, 0.2) is 0 Å². The summed E-state index contributed by atoms with van der Waals surface area (Å²) in [6.45, 7) is 7.65. The predicted octanol–water partition coefficient (Wildman–Crippen LogP) is 1.65. The molecule has 0 bridgehead atoms. The van der Waals surface area contributed by atoms with Crippen molar-refractivity contribution in [2.75, 3.05) is 6.54 Å². The van der Waals surface area contributed by atoms with Crippen molar-refractivity contribution in [1.29, 1.82) is 0 Å². The number of hydrogen-bond donors (Lipinski definition) is 3. The third kappa shape index (κ3) is 6.47. The lowest BCUT2D eigenvalue weighted by molar-refractivity contribution is 0.0915. The number of sulfonamides is 1. The van der Waals surface area contributed by atoms with Gasteiger partial charge in [-0.15, -0.1) is 12.4 Å². The number of carbonyl (C=O) groups is 1. The molecule has 0 radical (unpaired) electrons. The molecule has 8 heteroatoms. The minimum atomic E-state index is -3.56. The number of amides is 1. The van der Waals surface area contributed by atoms with Gasteiger partial charge in [-0.25, -0.2) is 13.1 Å². The molecule has 1 aromatic carbocycles. The lowest BCUT2D eigenvalue weighted by Crippen LogP contribution is -2.48. The Hall–Kier alpha value is -1.15. The predicted molar refractivity (Wildman–Crippen MR) is 94.4 cm³/mol. The van der Waals surface area contributed by atoms with Gasteiger partial charge in [-0.1, -0.05) is 6.92 Å². The van der Waals surface area contributed by atoms with Crippen LogP contribution >= 0.6 is 12.4 Å². The Balaban J connectivity index is 0.00000484. The summed E-state index contributed by atoms with van der Waals surface area (Å²) in [5.41, 5.74) is 5.45. The first kappa shape index (κ1) is 21.9. The van der Waals surface area contributed by atoms with Crippen LogP contribution in [0.2, 0.25) is 0 Å². The normalized spacial score (nSPS) is 13.1. The fourth-order valence-corrected chi connectivity index (χ4v) is 2.96. The van der Waals surface area contributed by atoms with Gasteiger partial charge in [0.2, 0.25) is 10.0 Å². The van der Waals surface area contributed by atoms with Crippen LogP contribution in [0.4, 0.5) is 0 Å². The first-order chi connectivity index (χ1) is 10.1. The zero-order valence-electron chi connectivity index (χ0n) is 13.9. The molecule has 0 aliphatic heterocycles. The summed E-state index contributed by atoms with van der Waals surface area (Å²) in [6.07, 6.45) is 0.702. The van der Waals surface area contributed by atoms with E-state index < -0.39 is 15.6 Å². The van der Waals surface area contributed by atoms with E-state index in [0.717, 1.165) is 0 Å². The maximum atomic E-state index is 12.1. The zero-order chi connectivity index (χ0) is 17.0. The minimum Gasteiger partial charge on any atom is -0.346 e. The average molecular weight is 364 g/mol. The highest BCUT2D eigenvalue weighted by Gasteiger charge is 2.20. The Morgan fingerprint density at radius 3 is 2.22 bits per heavy atom.